The molecule has 0 aliphatic heterocycles. The SMILES string of the molecule is ClOCl.[Cu].[OH][Cu][OH]. The van der Waals surface area contributed by atoms with Gasteiger partial charge in [-0.15, -0.1) is 0 Å². The van der Waals surface area contributed by atoms with Crippen molar-refractivity contribution >= 4 is 23.7 Å². The molecule has 56 valence electrons. The Hall–Kier alpha value is 1.50. The molecule has 0 atom stereocenters. The van der Waals surface area contributed by atoms with E-state index in [0.29, 0.717) is 0 Å². The van der Waals surface area contributed by atoms with Crippen LogP contribution in [0.5, 0.6) is 0 Å². The molecule has 0 amide bonds. The molecule has 0 spiro atoms. The molecule has 1 radical (unpaired) electrons. The maximum absolute atomic E-state index is 7.03. The summed E-state index contributed by atoms with van der Waals surface area (Å²) in [6.45, 7) is 0. The Morgan fingerprint density at radius 3 is 1.29 bits per heavy atom. The normalized spacial score (nSPS) is 5.71. The molecular formula is H2Cl2Cu2O3. The fraction of sp³-hybridized carbons (Fsp3) is 0. The summed E-state index contributed by atoms with van der Waals surface area (Å²) in [6.07, 6.45) is 0. The van der Waals surface area contributed by atoms with Crippen molar-refractivity contribution in [3.63, 3.8) is 0 Å². The molecule has 0 fully saturated rings. The van der Waals surface area contributed by atoms with E-state index in [0.717, 1.165) is 0 Å². The molecule has 2 N–H and O–H groups in total. The quantitative estimate of drug-likeness (QED) is 0.602. The van der Waals surface area contributed by atoms with Crippen LogP contribution in [0, 0.1) is 0 Å². The molecule has 0 unspecified atom stereocenters. The van der Waals surface area contributed by atoms with Gasteiger partial charge in [-0.3, -0.25) is 0 Å². The fourth-order valence-corrected chi connectivity index (χ4v) is 0. The standard InChI is InChI=1S/Cl2O.2Cu.2H2O/c1-3-2;;;;/h;;;2*1H2/q;;+2;;/p-2. The number of hydrogen-bond donors (Lipinski definition) is 2. The Morgan fingerprint density at radius 2 is 1.29 bits per heavy atom. The average Bonchev–Trinajstić information content (AvgIpc) is 1.39. The number of rotatable bonds is 0. The summed E-state index contributed by atoms with van der Waals surface area (Å²) in [7, 11) is 0. The van der Waals surface area contributed by atoms with Crippen LogP contribution in [0.2, 0.25) is 0 Å². The Bertz CT molecular complexity index is 12.9. The van der Waals surface area contributed by atoms with Gasteiger partial charge < -0.3 is 0 Å². The molecule has 0 saturated heterocycles. The molecule has 0 aromatic rings. The molecule has 7 heteroatoms. The van der Waals surface area contributed by atoms with E-state index < -0.39 is 0 Å². The van der Waals surface area contributed by atoms with Crippen LogP contribution in [0.1, 0.15) is 0 Å². The molecule has 3 nitrogen and oxygen atoms in total. The third kappa shape index (κ3) is 101. The van der Waals surface area contributed by atoms with Crippen LogP contribution in [0.25, 0.3) is 0 Å². The van der Waals surface area contributed by atoms with Crippen LogP contribution in [-0.2, 0) is 36.5 Å². The van der Waals surface area contributed by atoms with Crippen molar-refractivity contribution in [3.05, 3.63) is 0 Å². The van der Waals surface area contributed by atoms with Gasteiger partial charge in [-0.2, -0.15) is 3.84 Å². The molecule has 0 aromatic carbocycles. The Balaban J connectivity index is -0.0000000400. The van der Waals surface area contributed by atoms with Crippen molar-refractivity contribution < 1.29 is 44.9 Å². The molecule has 0 rings (SSSR count). The Labute approximate surface area is 68.6 Å². The van der Waals surface area contributed by atoms with Gasteiger partial charge in [0.2, 0.25) is 0 Å². The zero-order valence-corrected chi connectivity index (χ0v) is 6.06. The van der Waals surface area contributed by atoms with Gasteiger partial charge in [0.1, 0.15) is 0 Å². The van der Waals surface area contributed by atoms with E-state index in [1.807, 2.05) is 0 Å². The van der Waals surface area contributed by atoms with Gasteiger partial charge in [0.25, 0.3) is 0 Å². The minimum absolute atomic E-state index is 0. The van der Waals surface area contributed by atoms with Crippen molar-refractivity contribution in [2.45, 2.75) is 0 Å². The van der Waals surface area contributed by atoms with Gasteiger partial charge in [-0.05, 0) is 0 Å². The molecule has 0 aliphatic carbocycles. The van der Waals surface area contributed by atoms with Crippen molar-refractivity contribution in [2.24, 2.45) is 0 Å². The van der Waals surface area contributed by atoms with E-state index in [-0.39, 0.29) is 32.7 Å². The zero-order valence-electron chi connectivity index (χ0n) is 2.66. The third-order valence-corrected chi connectivity index (χ3v) is 0. The first-order valence-corrected chi connectivity index (χ1v) is 2.04. The summed E-state index contributed by atoms with van der Waals surface area (Å²) >= 11 is 8.34. The van der Waals surface area contributed by atoms with Gasteiger partial charge in [0, 0.05) is 17.1 Å². The zero-order chi connectivity index (χ0) is 5.41. The predicted molar refractivity (Wildman–Crippen MR) is 17.2 cm³/mol. The van der Waals surface area contributed by atoms with Gasteiger partial charge >= 0.3 is 24.0 Å². The predicted octanol–water partition coefficient (Wildman–Crippen LogP) is 0.192. The molecule has 0 aromatic heterocycles. The second-order valence-electron chi connectivity index (χ2n) is 0.119. The first-order valence-electron chi connectivity index (χ1n) is 0.578. The van der Waals surface area contributed by atoms with Gasteiger partial charge in [0.05, 0.1) is 23.7 Å². The van der Waals surface area contributed by atoms with Crippen molar-refractivity contribution in [2.75, 3.05) is 0 Å². The van der Waals surface area contributed by atoms with Crippen LogP contribution in [-0.4, -0.2) is 8.38 Å². The second-order valence-corrected chi connectivity index (χ2v) is 0.774. The van der Waals surface area contributed by atoms with Gasteiger partial charge in [-0.25, -0.2) is 0 Å². The van der Waals surface area contributed by atoms with E-state index in [2.05, 4.69) is 27.6 Å². The van der Waals surface area contributed by atoms with E-state index in [1.165, 1.54) is 0 Å². The van der Waals surface area contributed by atoms with Crippen LogP contribution >= 0.6 is 23.7 Å². The van der Waals surface area contributed by atoms with E-state index in [9.17, 15) is 0 Å². The van der Waals surface area contributed by atoms with Gasteiger partial charge in [0.15, 0.2) is 0 Å². The summed E-state index contributed by atoms with van der Waals surface area (Å²) < 4.78 is 17.3. The van der Waals surface area contributed by atoms with Gasteiger partial charge in [-0.1, -0.05) is 0 Å². The number of hydrogen-bond acceptors (Lipinski definition) is 3. The molecule has 0 saturated carbocycles. The second kappa shape index (κ2) is 25.9. The monoisotopic (exact) mass is 246 g/mol. The topological polar surface area (TPSA) is 49.7 Å². The van der Waals surface area contributed by atoms with Crippen LogP contribution in [0.3, 0.4) is 0 Å². The van der Waals surface area contributed by atoms with Crippen molar-refractivity contribution in [3.8, 4) is 0 Å². The van der Waals surface area contributed by atoms with E-state index in [1.54, 1.807) is 0 Å². The molecule has 0 aliphatic rings. The Kier molecular flexibility index (Phi) is 58.4. The average molecular weight is 248 g/mol. The summed E-state index contributed by atoms with van der Waals surface area (Å²) in [6, 6.07) is 0. The first kappa shape index (κ1) is 15.8. The molecule has 7 heavy (non-hydrogen) atoms. The minimum atomic E-state index is -0.188. The summed E-state index contributed by atoms with van der Waals surface area (Å²) in [5.74, 6) is 0. The Morgan fingerprint density at radius 1 is 1.29 bits per heavy atom. The summed E-state index contributed by atoms with van der Waals surface area (Å²) in [5, 5.41) is 0. The van der Waals surface area contributed by atoms with E-state index >= 15 is 0 Å². The van der Waals surface area contributed by atoms with Crippen molar-refractivity contribution in [1.82, 2.24) is 0 Å². The summed E-state index contributed by atoms with van der Waals surface area (Å²) in [4.78, 5) is 0. The molecule has 0 heterocycles. The van der Waals surface area contributed by atoms with E-state index in [4.69, 9.17) is 8.38 Å². The van der Waals surface area contributed by atoms with Crippen molar-refractivity contribution in [1.29, 1.82) is 0 Å². The van der Waals surface area contributed by atoms with Crippen LogP contribution < -0.4 is 0 Å². The first-order chi connectivity index (χ1) is 2.83. The summed E-state index contributed by atoms with van der Waals surface area (Å²) in [5.41, 5.74) is 0. The fourth-order valence-electron chi connectivity index (χ4n) is 0. The third-order valence-electron chi connectivity index (χ3n) is 0. The molecular weight excluding hydrogens is 246 g/mol. The number of halogens is 2. The molecule has 0 bridgehead atoms. The van der Waals surface area contributed by atoms with Crippen LogP contribution in [0.4, 0.5) is 0 Å². The van der Waals surface area contributed by atoms with Crippen LogP contribution in [0.15, 0.2) is 0 Å². The maximum atomic E-state index is 7.03.